The highest BCUT2D eigenvalue weighted by Gasteiger charge is 2.19. The molecule has 0 spiro atoms. The van der Waals surface area contributed by atoms with E-state index < -0.39 is 11.9 Å². The van der Waals surface area contributed by atoms with E-state index in [-0.39, 0.29) is 23.7 Å². The summed E-state index contributed by atoms with van der Waals surface area (Å²) < 4.78 is 32.5. The van der Waals surface area contributed by atoms with Crippen LogP contribution in [0.1, 0.15) is 15.9 Å². The first-order chi connectivity index (χ1) is 19.5. The zero-order valence-corrected chi connectivity index (χ0v) is 22.4. The number of esters is 1. The van der Waals surface area contributed by atoms with Gasteiger partial charge in [-0.1, -0.05) is 36.4 Å². The van der Waals surface area contributed by atoms with E-state index in [1.54, 1.807) is 24.3 Å². The molecule has 206 valence electrons. The largest absolute Gasteiger partial charge is 0.493 e. The van der Waals surface area contributed by atoms with Crippen LogP contribution >= 0.6 is 0 Å². The second-order valence-corrected chi connectivity index (χ2v) is 8.27. The third kappa shape index (κ3) is 6.41. The van der Waals surface area contributed by atoms with Crippen molar-refractivity contribution in [1.29, 1.82) is 0 Å². The van der Waals surface area contributed by atoms with Crippen LogP contribution < -0.4 is 33.8 Å². The maximum absolute atomic E-state index is 12.9. The number of carbonyl (C=O) groups is 2. The van der Waals surface area contributed by atoms with Crippen molar-refractivity contribution in [3.05, 3.63) is 83.9 Å². The molecule has 10 nitrogen and oxygen atoms in total. The van der Waals surface area contributed by atoms with E-state index in [9.17, 15) is 9.59 Å². The number of carbonyl (C=O) groups excluding carboxylic acids is 2. The minimum absolute atomic E-state index is 0.186. The maximum Gasteiger partial charge on any atom is 0.343 e. The third-order valence-corrected chi connectivity index (χ3v) is 5.80. The molecule has 0 bridgehead atoms. The molecule has 4 aromatic rings. The minimum atomic E-state index is -0.655. The first-order valence-electron chi connectivity index (χ1n) is 12.1. The molecule has 0 aliphatic carbocycles. The fourth-order valence-corrected chi connectivity index (χ4v) is 3.88. The normalized spacial score (nSPS) is 10.7. The van der Waals surface area contributed by atoms with Gasteiger partial charge in [0.1, 0.15) is 5.75 Å². The van der Waals surface area contributed by atoms with E-state index in [1.165, 1.54) is 46.8 Å². The van der Waals surface area contributed by atoms with Crippen molar-refractivity contribution in [2.45, 2.75) is 0 Å². The number of hydrogen-bond acceptors (Lipinski definition) is 9. The van der Waals surface area contributed by atoms with Gasteiger partial charge in [-0.05, 0) is 47.3 Å². The number of hydrogen-bond donors (Lipinski definition) is 1. The van der Waals surface area contributed by atoms with Crippen molar-refractivity contribution >= 4 is 28.9 Å². The summed E-state index contributed by atoms with van der Waals surface area (Å²) in [6.07, 6.45) is 1.43. The smallest absolute Gasteiger partial charge is 0.343 e. The van der Waals surface area contributed by atoms with Crippen LogP contribution in [0, 0.1) is 0 Å². The first-order valence-corrected chi connectivity index (χ1v) is 12.1. The monoisotopic (exact) mass is 544 g/mol. The molecule has 1 amide bonds. The Morgan fingerprint density at radius 1 is 0.750 bits per heavy atom. The van der Waals surface area contributed by atoms with Crippen molar-refractivity contribution in [3.63, 3.8) is 0 Å². The predicted molar refractivity (Wildman–Crippen MR) is 149 cm³/mol. The zero-order chi connectivity index (χ0) is 28.5. The topological polar surface area (TPSA) is 114 Å². The molecule has 4 rings (SSSR count). The Morgan fingerprint density at radius 3 is 2.15 bits per heavy atom. The molecule has 10 heteroatoms. The van der Waals surface area contributed by atoms with Gasteiger partial charge in [0.25, 0.3) is 5.91 Å². The molecular weight excluding hydrogens is 516 g/mol. The number of benzene rings is 4. The molecule has 1 N–H and O–H groups in total. The van der Waals surface area contributed by atoms with Gasteiger partial charge < -0.3 is 28.4 Å². The van der Waals surface area contributed by atoms with Gasteiger partial charge in [0.15, 0.2) is 29.6 Å². The Labute approximate surface area is 231 Å². The molecule has 4 aromatic carbocycles. The van der Waals surface area contributed by atoms with Gasteiger partial charge in [-0.25, -0.2) is 10.2 Å². The molecule has 0 aliphatic heterocycles. The van der Waals surface area contributed by atoms with Crippen molar-refractivity contribution in [2.24, 2.45) is 5.10 Å². The number of nitrogens with one attached hydrogen (secondary N) is 1. The number of ether oxygens (including phenoxy) is 6. The quantitative estimate of drug-likeness (QED) is 0.126. The summed E-state index contributed by atoms with van der Waals surface area (Å²) in [6, 6.07) is 21.2. The number of rotatable bonds is 11. The predicted octanol–water partition coefficient (Wildman–Crippen LogP) is 4.62. The summed E-state index contributed by atoms with van der Waals surface area (Å²) in [7, 11) is 5.82. The van der Waals surface area contributed by atoms with Crippen LogP contribution in [-0.4, -0.2) is 53.1 Å². The van der Waals surface area contributed by atoms with Gasteiger partial charge in [0.2, 0.25) is 5.75 Å². The van der Waals surface area contributed by atoms with E-state index in [0.717, 1.165) is 10.8 Å². The van der Waals surface area contributed by atoms with Crippen LogP contribution in [0.4, 0.5) is 0 Å². The van der Waals surface area contributed by atoms with E-state index in [0.29, 0.717) is 28.6 Å². The Morgan fingerprint density at radius 2 is 1.45 bits per heavy atom. The summed E-state index contributed by atoms with van der Waals surface area (Å²) in [4.78, 5) is 25.1. The van der Waals surface area contributed by atoms with Crippen molar-refractivity contribution in [1.82, 2.24) is 5.43 Å². The SMILES string of the molecule is COc1cc(/C=N/NC(=O)COc2cccc3ccccc23)ccc1OC(=O)c1cc(OC)c(OC)c(OC)c1. The number of nitrogens with zero attached hydrogens (tertiary/aromatic N) is 1. The third-order valence-electron chi connectivity index (χ3n) is 5.80. The summed E-state index contributed by atoms with van der Waals surface area (Å²) in [5, 5.41) is 5.91. The molecule has 0 aromatic heterocycles. The van der Waals surface area contributed by atoms with Crippen molar-refractivity contribution in [3.8, 4) is 34.5 Å². The van der Waals surface area contributed by atoms with Gasteiger partial charge in [0.05, 0.1) is 40.2 Å². The number of methoxy groups -OCH3 is 4. The average molecular weight is 545 g/mol. The Hall–Kier alpha value is -5.25. The van der Waals surface area contributed by atoms with Crippen LogP contribution in [0.2, 0.25) is 0 Å². The second kappa shape index (κ2) is 13.0. The van der Waals surface area contributed by atoms with E-state index in [1.807, 2.05) is 36.4 Å². The number of fused-ring (bicyclic) bond motifs is 1. The van der Waals surface area contributed by atoms with Crippen LogP contribution in [0.15, 0.2) is 77.9 Å². The van der Waals surface area contributed by atoms with E-state index in [4.69, 9.17) is 28.4 Å². The van der Waals surface area contributed by atoms with Gasteiger partial charge in [0, 0.05) is 5.39 Å². The Balaban J connectivity index is 1.38. The molecule has 0 aliphatic rings. The average Bonchev–Trinajstić information content (AvgIpc) is 2.99. The van der Waals surface area contributed by atoms with Gasteiger partial charge in [-0.15, -0.1) is 0 Å². The zero-order valence-electron chi connectivity index (χ0n) is 22.4. The number of hydrazone groups is 1. The molecule has 0 unspecified atom stereocenters. The van der Waals surface area contributed by atoms with Gasteiger partial charge in [-0.3, -0.25) is 4.79 Å². The fraction of sp³-hybridized carbons (Fsp3) is 0.167. The molecule has 40 heavy (non-hydrogen) atoms. The molecular formula is C30H28N2O8. The molecule has 0 saturated heterocycles. The van der Waals surface area contributed by atoms with E-state index in [2.05, 4.69) is 10.5 Å². The highest BCUT2D eigenvalue weighted by molar-refractivity contribution is 5.93. The summed E-state index contributed by atoms with van der Waals surface area (Å²) in [5.74, 6) is 0.994. The lowest BCUT2D eigenvalue weighted by atomic mass is 10.1. The second-order valence-electron chi connectivity index (χ2n) is 8.27. The fourth-order valence-electron chi connectivity index (χ4n) is 3.88. The Kier molecular flexibility index (Phi) is 9.03. The molecule has 0 heterocycles. The number of amides is 1. The lowest BCUT2D eigenvalue weighted by molar-refractivity contribution is -0.123. The van der Waals surface area contributed by atoms with Crippen LogP contribution in [-0.2, 0) is 4.79 Å². The van der Waals surface area contributed by atoms with Crippen LogP contribution in [0.25, 0.3) is 10.8 Å². The van der Waals surface area contributed by atoms with Crippen LogP contribution in [0.5, 0.6) is 34.5 Å². The maximum atomic E-state index is 12.9. The van der Waals surface area contributed by atoms with Gasteiger partial charge in [-0.2, -0.15) is 5.10 Å². The van der Waals surface area contributed by atoms with Crippen LogP contribution in [0.3, 0.4) is 0 Å². The minimum Gasteiger partial charge on any atom is -0.493 e. The highest BCUT2D eigenvalue weighted by atomic mass is 16.6. The lowest BCUT2D eigenvalue weighted by Crippen LogP contribution is -2.24. The molecule has 0 saturated carbocycles. The van der Waals surface area contributed by atoms with Crippen molar-refractivity contribution in [2.75, 3.05) is 35.0 Å². The highest BCUT2D eigenvalue weighted by Crippen LogP contribution is 2.39. The first kappa shape index (κ1) is 27.8. The van der Waals surface area contributed by atoms with Gasteiger partial charge >= 0.3 is 5.97 Å². The lowest BCUT2D eigenvalue weighted by Gasteiger charge is -2.14. The molecule has 0 atom stereocenters. The van der Waals surface area contributed by atoms with Crippen molar-refractivity contribution < 1.29 is 38.0 Å². The summed E-state index contributed by atoms with van der Waals surface area (Å²) >= 11 is 0. The molecule has 0 radical (unpaired) electrons. The summed E-state index contributed by atoms with van der Waals surface area (Å²) in [6.45, 7) is -0.204. The van der Waals surface area contributed by atoms with E-state index >= 15 is 0 Å². The Bertz CT molecular complexity index is 1520. The molecule has 0 fully saturated rings. The summed E-state index contributed by atoms with van der Waals surface area (Å²) in [5.41, 5.74) is 3.22. The standard InChI is InChI=1S/C30H28N2O8/c1-35-25-14-19(17-31-32-28(33)18-39-23-11-7-9-20-8-5-6-10-22(20)23)12-13-24(25)40-30(34)21-15-26(36-2)29(38-4)27(16-21)37-3/h5-17H,18H2,1-4H3,(H,32,33)/b31-17+.